The summed E-state index contributed by atoms with van der Waals surface area (Å²) in [7, 11) is 3.84. The van der Waals surface area contributed by atoms with E-state index in [0.29, 0.717) is 11.4 Å². The van der Waals surface area contributed by atoms with Gasteiger partial charge in [-0.15, -0.1) is 0 Å². The lowest BCUT2D eigenvalue weighted by Gasteiger charge is -2.19. The van der Waals surface area contributed by atoms with Crippen LogP contribution in [0, 0.1) is 5.92 Å². The number of hydrogen-bond donors (Lipinski definition) is 1. The molecular weight excluding hydrogens is 460 g/mol. The molecule has 1 heterocycles. The van der Waals surface area contributed by atoms with Gasteiger partial charge in [0.15, 0.2) is 6.61 Å². The number of anilines is 2. The Hall–Kier alpha value is -4.41. The molecule has 0 spiro atoms. The highest BCUT2D eigenvalue weighted by Crippen LogP contribution is 2.33. The Morgan fingerprint density at radius 1 is 1.00 bits per heavy atom. The molecule has 11 heteroatoms. The largest absolute Gasteiger partial charge is 0.495 e. The molecule has 0 aromatic heterocycles. The van der Waals surface area contributed by atoms with Crippen molar-refractivity contribution in [3.8, 4) is 5.75 Å². The van der Waals surface area contributed by atoms with Gasteiger partial charge in [0.05, 0.1) is 49.7 Å². The van der Waals surface area contributed by atoms with Gasteiger partial charge in [-0.2, -0.15) is 0 Å². The van der Waals surface area contributed by atoms with Crippen LogP contribution in [0.15, 0.2) is 42.5 Å². The van der Waals surface area contributed by atoms with E-state index < -0.39 is 36.3 Å². The number of amides is 2. The molecule has 0 radical (unpaired) electrons. The highest BCUT2D eigenvalue weighted by Gasteiger charge is 2.37. The van der Waals surface area contributed by atoms with E-state index >= 15 is 0 Å². The minimum absolute atomic E-state index is 0.00586. The van der Waals surface area contributed by atoms with Gasteiger partial charge in [-0.1, -0.05) is 12.1 Å². The molecule has 1 atom stereocenters. The number of nitrogens with zero attached hydrogens (tertiary/aromatic N) is 1. The van der Waals surface area contributed by atoms with Crippen LogP contribution in [-0.2, 0) is 28.6 Å². The molecule has 1 fully saturated rings. The fourth-order valence-corrected chi connectivity index (χ4v) is 3.57. The summed E-state index contributed by atoms with van der Waals surface area (Å²) in [6.45, 7) is -0.589. The topological polar surface area (TPSA) is 138 Å². The van der Waals surface area contributed by atoms with Crippen LogP contribution in [0.5, 0.6) is 5.75 Å². The predicted octanol–water partition coefficient (Wildman–Crippen LogP) is 1.80. The van der Waals surface area contributed by atoms with E-state index in [-0.39, 0.29) is 35.7 Å². The van der Waals surface area contributed by atoms with Gasteiger partial charge in [-0.05, 0) is 30.3 Å². The Kier molecular flexibility index (Phi) is 8.03. The standard InChI is InChI=1S/C24H24N2O9/c1-32-19-7-5-4-6-18(19)26-12-15(11-21(26)28)23(30)35-13-20(27)25-17-10-14(22(29)33-2)8-9-16(17)24(31)34-3/h4-10,15H,11-13H2,1-3H3,(H,25,27)/t15-/m1/s1. The van der Waals surface area contributed by atoms with E-state index in [1.807, 2.05) is 0 Å². The summed E-state index contributed by atoms with van der Waals surface area (Å²) in [5.74, 6) is -3.44. The maximum absolute atomic E-state index is 12.5. The number of carbonyl (C=O) groups excluding carboxylic acids is 5. The van der Waals surface area contributed by atoms with Gasteiger partial charge in [-0.25, -0.2) is 9.59 Å². The quantitative estimate of drug-likeness (QED) is 0.439. The van der Waals surface area contributed by atoms with Crippen molar-refractivity contribution in [1.29, 1.82) is 0 Å². The molecular formula is C24H24N2O9. The van der Waals surface area contributed by atoms with Crippen molar-refractivity contribution in [2.75, 3.05) is 44.7 Å². The average molecular weight is 484 g/mol. The van der Waals surface area contributed by atoms with E-state index in [1.54, 1.807) is 24.3 Å². The molecule has 184 valence electrons. The number of nitrogens with one attached hydrogen (secondary N) is 1. The van der Waals surface area contributed by atoms with Crippen molar-refractivity contribution in [3.63, 3.8) is 0 Å². The Morgan fingerprint density at radius 3 is 2.40 bits per heavy atom. The first-order chi connectivity index (χ1) is 16.8. The summed E-state index contributed by atoms with van der Waals surface area (Å²) >= 11 is 0. The van der Waals surface area contributed by atoms with Gasteiger partial charge in [-0.3, -0.25) is 14.4 Å². The monoisotopic (exact) mass is 484 g/mol. The molecule has 0 saturated carbocycles. The normalized spacial score (nSPS) is 14.8. The molecule has 1 saturated heterocycles. The molecule has 11 nitrogen and oxygen atoms in total. The highest BCUT2D eigenvalue weighted by atomic mass is 16.5. The van der Waals surface area contributed by atoms with Gasteiger partial charge in [0.25, 0.3) is 5.91 Å². The van der Waals surface area contributed by atoms with Gasteiger partial charge in [0.2, 0.25) is 5.91 Å². The van der Waals surface area contributed by atoms with E-state index in [0.717, 1.165) is 0 Å². The van der Waals surface area contributed by atoms with Crippen LogP contribution in [0.2, 0.25) is 0 Å². The van der Waals surface area contributed by atoms with Crippen molar-refractivity contribution < 1.29 is 42.9 Å². The van der Waals surface area contributed by atoms with Crippen LogP contribution in [0.3, 0.4) is 0 Å². The summed E-state index contributed by atoms with van der Waals surface area (Å²) in [5.41, 5.74) is 0.607. The van der Waals surface area contributed by atoms with E-state index in [4.69, 9.17) is 9.47 Å². The molecule has 2 aromatic rings. The van der Waals surface area contributed by atoms with Gasteiger partial charge in [0.1, 0.15) is 5.75 Å². The second-order valence-corrected chi connectivity index (χ2v) is 7.48. The van der Waals surface area contributed by atoms with Crippen molar-refractivity contribution in [3.05, 3.63) is 53.6 Å². The first kappa shape index (κ1) is 25.2. The number of rotatable bonds is 8. The lowest BCUT2D eigenvalue weighted by molar-refractivity contribution is -0.151. The number of methoxy groups -OCH3 is 3. The highest BCUT2D eigenvalue weighted by molar-refractivity contribution is 6.04. The number of para-hydroxylation sites is 2. The molecule has 0 unspecified atom stereocenters. The summed E-state index contributed by atoms with van der Waals surface area (Å²) in [6, 6.07) is 10.8. The fourth-order valence-electron chi connectivity index (χ4n) is 3.57. The Labute approximate surface area is 200 Å². The third-order valence-corrected chi connectivity index (χ3v) is 5.30. The minimum Gasteiger partial charge on any atom is -0.495 e. The minimum atomic E-state index is -0.770. The molecule has 0 aliphatic carbocycles. The van der Waals surface area contributed by atoms with Crippen molar-refractivity contribution >= 4 is 41.1 Å². The Bertz CT molecular complexity index is 1160. The lowest BCUT2D eigenvalue weighted by atomic mass is 10.1. The van der Waals surface area contributed by atoms with Crippen LogP contribution in [-0.4, -0.2) is 64.2 Å². The summed E-state index contributed by atoms with van der Waals surface area (Å²) < 4.78 is 19.7. The van der Waals surface area contributed by atoms with Crippen LogP contribution in [0.4, 0.5) is 11.4 Å². The predicted molar refractivity (Wildman–Crippen MR) is 122 cm³/mol. The maximum Gasteiger partial charge on any atom is 0.339 e. The fraction of sp³-hybridized carbons (Fsp3) is 0.292. The number of carbonyl (C=O) groups is 5. The molecule has 1 aliphatic heterocycles. The Balaban J connectivity index is 1.64. The van der Waals surface area contributed by atoms with Crippen molar-refractivity contribution in [1.82, 2.24) is 0 Å². The van der Waals surface area contributed by atoms with E-state index in [2.05, 4.69) is 14.8 Å². The summed E-state index contributed by atoms with van der Waals surface area (Å²) in [4.78, 5) is 62.7. The van der Waals surface area contributed by atoms with Crippen LogP contribution < -0.4 is 15.0 Å². The zero-order valence-corrected chi connectivity index (χ0v) is 19.4. The first-order valence-electron chi connectivity index (χ1n) is 10.5. The number of benzene rings is 2. The number of hydrogen-bond acceptors (Lipinski definition) is 9. The summed E-state index contributed by atoms with van der Waals surface area (Å²) in [6.07, 6.45) is -0.0772. The third-order valence-electron chi connectivity index (χ3n) is 5.30. The zero-order chi connectivity index (χ0) is 25.5. The molecule has 1 N–H and O–H groups in total. The zero-order valence-electron chi connectivity index (χ0n) is 19.4. The van der Waals surface area contributed by atoms with Gasteiger partial charge in [0, 0.05) is 13.0 Å². The second kappa shape index (κ2) is 11.1. The smallest absolute Gasteiger partial charge is 0.339 e. The van der Waals surface area contributed by atoms with Gasteiger partial charge < -0.3 is 29.2 Å². The SMILES string of the molecule is COC(=O)c1ccc(C(=O)OC)c(NC(=O)COC(=O)[C@@H]2CC(=O)N(c3ccccc3OC)C2)c1. The van der Waals surface area contributed by atoms with E-state index in [1.165, 1.54) is 44.4 Å². The number of esters is 3. The van der Waals surface area contributed by atoms with Gasteiger partial charge >= 0.3 is 17.9 Å². The third kappa shape index (κ3) is 5.75. The molecule has 2 aromatic carbocycles. The van der Waals surface area contributed by atoms with Crippen molar-refractivity contribution in [2.45, 2.75) is 6.42 Å². The summed E-state index contributed by atoms with van der Waals surface area (Å²) in [5, 5.41) is 2.43. The lowest BCUT2D eigenvalue weighted by Crippen LogP contribution is -2.28. The number of ether oxygens (including phenoxy) is 4. The maximum atomic E-state index is 12.5. The molecule has 1 aliphatic rings. The van der Waals surface area contributed by atoms with Crippen LogP contribution >= 0.6 is 0 Å². The van der Waals surface area contributed by atoms with Crippen LogP contribution in [0.1, 0.15) is 27.1 Å². The second-order valence-electron chi connectivity index (χ2n) is 7.48. The molecule has 35 heavy (non-hydrogen) atoms. The molecule has 3 rings (SSSR count). The molecule has 2 amide bonds. The van der Waals surface area contributed by atoms with E-state index in [9.17, 15) is 24.0 Å². The average Bonchev–Trinajstić information content (AvgIpc) is 3.27. The molecule has 0 bridgehead atoms. The first-order valence-corrected chi connectivity index (χ1v) is 10.5. The Morgan fingerprint density at radius 2 is 1.71 bits per heavy atom. The van der Waals surface area contributed by atoms with Crippen molar-refractivity contribution in [2.24, 2.45) is 5.92 Å². The van der Waals surface area contributed by atoms with Crippen LogP contribution in [0.25, 0.3) is 0 Å².